The molecule has 0 aromatic carbocycles. The summed E-state index contributed by atoms with van der Waals surface area (Å²) in [6.45, 7) is 4.09. The number of nitrogens with two attached hydrogens (primary N) is 2. The Morgan fingerprint density at radius 2 is 1.10 bits per heavy atom. The number of nitrogens with one attached hydrogen (secondary N) is 2. The summed E-state index contributed by atoms with van der Waals surface area (Å²) in [5.41, 5.74) is 4.32. The van der Waals surface area contributed by atoms with Gasteiger partial charge in [0.05, 0.1) is 14.1 Å². The van der Waals surface area contributed by atoms with Crippen molar-refractivity contribution >= 4 is 11.8 Å². The minimum Gasteiger partial charge on any atom is -1.00 e. The Balaban J connectivity index is 0. The van der Waals surface area contributed by atoms with Crippen LogP contribution in [0.2, 0.25) is 0 Å². The lowest BCUT2D eigenvalue weighted by atomic mass is 10.2. The molecule has 0 unspecified atom stereocenters. The Morgan fingerprint density at radius 3 is 1.30 bits per heavy atom. The molecule has 0 aliphatic carbocycles. The van der Waals surface area contributed by atoms with Crippen molar-refractivity contribution in [2.75, 3.05) is 53.4 Å². The first-order valence-corrected chi connectivity index (χ1v) is 5.98. The third-order valence-electron chi connectivity index (χ3n) is 3.73. The summed E-state index contributed by atoms with van der Waals surface area (Å²) in [4.78, 5) is 22.7. The molecule has 0 aromatic heterocycles. The van der Waals surface area contributed by atoms with Crippen LogP contribution in [-0.4, -0.2) is 74.1 Å². The summed E-state index contributed by atoms with van der Waals surface area (Å²) in [7, 11) is 4.06. The number of amides is 2. The Morgan fingerprint density at radius 1 is 0.850 bits per heavy atom. The van der Waals surface area contributed by atoms with Gasteiger partial charge in [0.1, 0.15) is 26.2 Å². The third kappa shape index (κ3) is 6.21. The number of carbonyl (C=O) groups excluding carboxylic acids is 2. The number of likely N-dealkylation sites (N-methyl/N-ethyl adjacent to an activating group) is 2. The Bertz CT molecular complexity index is 302. The molecule has 10 heteroatoms. The highest BCUT2D eigenvalue weighted by atomic mass is 35.5. The summed E-state index contributed by atoms with van der Waals surface area (Å²) in [5, 5.41) is 0. The van der Waals surface area contributed by atoms with Crippen molar-refractivity contribution in [3.63, 3.8) is 0 Å². The molecule has 6 N–H and O–H groups in total. The number of carbonyl (C=O) groups is 2. The van der Waals surface area contributed by atoms with Gasteiger partial charge in [-0.3, -0.25) is 20.4 Å². The van der Waals surface area contributed by atoms with Gasteiger partial charge in [-0.1, -0.05) is 0 Å². The van der Waals surface area contributed by atoms with Crippen LogP contribution in [0.4, 0.5) is 0 Å². The van der Waals surface area contributed by atoms with Crippen molar-refractivity contribution in [1.82, 2.24) is 10.9 Å². The lowest BCUT2D eigenvalue weighted by Crippen LogP contribution is -3.00. The van der Waals surface area contributed by atoms with Gasteiger partial charge in [0.15, 0.2) is 13.1 Å². The van der Waals surface area contributed by atoms with Gasteiger partial charge in [-0.25, -0.2) is 11.7 Å². The van der Waals surface area contributed by atoms with Gasteiger partial charge >= 0.3 is 0 Å². The summed E-state index contributed by atoms with van der Waals surface area (Å²) < 4.78 is 1.31. The molecule has 1 aliphatic rings. The molecule has 1 saturated heterocycles. The molecular weight excluding hydrogens is 307 g/mol. The molecule has 1 rings (SSSR count). The zero-order valence-corrected chi connectivity index (χ0v) is 13.4. The summed E-state index contributed by atoms with van der Waals surface area (Å²) in [6.07, 6.45) is 0. The molecule has 0 radical (unpaired) electrons. The summed E-state index contributed by atoms with van der Waals surface area (Å²) in [5.74, 6) is 9.89. The zero-order valence-electron chi connectivity index (χ0n) is 11.9. The second-order valence-electron chi connectivity index (χ2n) is 5.58. The van der Waals surface area contributed by atoms with Crippen LogP contribution in [-0.2, 0) is 9.59 Å². The largest absolute Gasteiger partial charge is 1.00 e. The van der Waals surface area contributed by atoms with Crippen molar-refractivity contribution < 1.29 is 43.4 Å². The number of hydrazine groups is 2. The quantitative estimate of drug-likeness (QED) is 0.177. The van der Waals surface area contributed by atoms with Crippen molar-refractivity contribution in [2.45, 2.75) is 0 Å². The second kappa shape index (κ2) is 8.60. The number of rotatable bonds is 4. The molecular formula is C10H24Cl2N6O2. The monoisotopic (exact) mass is 330 g/mol. The lowest BCUT2D eigenvalue weighted by molar-refractivity contribution is -1.01. The maximum atomic E-state index is 11.3. The molecule has 0 bridgehead atoms. The molecule has 0 spiro atoms. The number of hydrogen-bond acceptors (Lipinski definition) is 4. The molecule has 2 amide bonds. The standard InChI is InChI=1S/C10H22N6O2.2ClH/c1-15(7-9(17)13-11)3-5-16(2,6-4-15)8-10(18)14-12;;/h3-8,11-12H2,1-2H3;2*1H. The molecule has 0 saturated carbocycles. The molecule has 1 aliphatic heterocycles. The van der Waals surface area contributed by atoms with Gasteiger partial charge in [-0.15, -0.1) is 0 Å². The van der Waals surface area contributed by atoms with E-state index in [1.165, 1.54) is 0 Å². The van der Waals surface area contributed by atoms with Crippen LogP contribution in [0.5, 0.6) is 0 Å². The smallest absolute Gasteiger partial charge is 0.289 e. The maximum absolute atomic E-state index is 11.3. The number of halogens is 2. The Hall–Kier alpha value is -0.640. The first-order valence-electron chi connectivity index (χ1n) is 5.98. The Labute approximate surface area is 131 Å². The van der Waals surface area contributed by atoms with E-state index in [2.05, 4.69) is 10.9 Å². The van der Waals surface area contributed by atoms with Gasteiger partial charge in [0.2, 0.25) is 0 Å². The van der Waals surface area contributed by atoms with E-state index in [1.54, 1.807) is 0 Å². The molecule has 0 aromatic rings. The van der Waals surface area contributed by atoms with E-state index >= 15 is 0 Å². The minimum atomic E-state index is -0.159. The summed E-state index contributed by atoms with van der Waals surface area (Å²) in [6, 6.07) is 0. The van der Waals surface area contributed by atoms with Gasteiger partial charge < -0.3 is 33.8 Å². The Kier molecular flexibility index (Phi) is 9.32. The average molecular weight is 331 g/mol. The number of nitrogens with zero attached hydrogens (tertiary/aromatic N) is 2. The van der Waals surface area contributed by atoms with Gasteiger partial charge in [-0.2, -0.15) is 0 Å². The van der Waals surface area contributed by atoms with Crippen LogP contribution in [0.3, 0.4) is 0 Å². The predicted molar refractivity (Wildman–Crippen MR) is 66.2 cm³/mol. The fraction of sp³-hybridized carbons (Fsp3) is 0.800. The highest BCUT2D eigenvalue weighted by Gasteiger charge is 2.39. The van der Waals surface area contributed by atoms with E-state index in [4.69, 9.17) is 11.7 Å². The fourth-order valence-corrected chi connectivity index (χ4v) is 2.29. The van der Waals surface area contributed by atoms with Gasteiger partial charge in [0, 0.05) is 0 Å². The SMILES string of the molecule is C[N+]1(CC(=O)NN)CC[N+](C)(CC(=O)NN)CC1.[Cl-].[Cl-]. The number of quaternary nitrogens is 2. The van der Waals surface area contributed by atoms with Crippen LogP contribution in [0.15, 0.2) is 0 Å². The van der Waals surface area contributed by atoms with E-state index in [-0.39, 0.29) is 36.6 Å². The molecule has 8 nitrogen and oxygen atoms in total. The predicted octanol–water partition coefficient (Wildman–Crippen LogP) is -9.12. The molecule has 0 atom stereocenters. The van der Waals surface area contributed by atoms with Crippen LogP contribution >= 0.6 is 0 Å². The molecule has 20 heavy (non-hydrogen) atoms. The first-order chi connectivity index (χ1) is 8.32. The van der Waals surface area contributed by atoms with Gasteiger partial charge in [-0.05, 0) is 0 Å². The van der Waals surface area contributed by atoms with Crippen LogP contribution < -0.4 is 47.4 Å². The van der Waals surface area contributed by atoms with Crippen molar-refractivity contribution in [2.24, 2.45) is 11.7 Å². The first kappa shape index (κ1) is 21.7. The third-order valence-corrected chi connectivity index (χ3v) is 3.73. The van der Waals surface area contributed by atoms with E-state index in [0.717, 1.165) is 26.2 Å². The highest BCUT2D eigenvalue weighted by Crippen LogP contribution is 2.15. The topological polar surface area (TPSA) is 110 Å². The number of piperazine rings is 1. The normalized spacial score (nSPS) is 28.6. The molecule has 120 valence electrons. The van der Waals surface area contributed by atoms with Crippen LogP contribution in [0.1, 0.15) is 0 Å². The lowest BCUT2D eigenvalue weighted by Gasteiger charge is -2.45. The van der Waals surface area contributed by atoms with E-state index in [0.29, 0.717) is 22.1 Å². The van der Waals surface area contributed by atoms with E-state index in [9.17, 15) is 9.59 Å². The van der Waals surface area contributed by atoms with Crippen molar-refractivity contribution in [1.29, 1.82) is 0 Å². The number of hydrogen-bond donors (Lipinski definition) is 4. The second-order valence-corrected chi connectivity index (χ2v) is 5.58. The van der Waals surface area contributed by atoms with Crippen molar-refractivity contribution in [3.05, 3.63) is 0 Å². The van der Waals surface area contributed by atoms with Crippen LogP contribution in [0.25, 0.3) is 0 Å². The summed E-state index contributed by atoms with van der Waals surface area (Å²) >= 11 is 0. The van der Waals surface area contributed by atoms with Crippen LogP contribution in [0, 0.1) is 0 Å². The van der Waals surface area contributed by atoms with Gasteiger partial charge in [0.25, 0.3) is 11.8 Å². The minimum absolute atomic E-state index is 0. The van der Waals surface area contributed by atoms with Crippen molar-refractivity contribution in [3.8, 4) is 0 Å². The average Bonchev–Trinajstić information content (AvgIpc) is 2.33. The highest BCUT2D eigenvalue weighted by molar-refractivity contribution is 5.76. The fourth-order valence-electron chi connectivity index (χ4n) is 2.29. The zero-order chi connectivity index (χ0) is 13.8. The molecule has 1 fully saturated rings. The van der Waals surface area contributed by atoms with E-state index in [1.807, 2.05) is 14.1 Å². The van der Waals surface area contributed by atoms with E-state index < -0.39 is 0 Å². The maximum Gasteiger partial charge on any atom is 0.289 e. The molecule has 1 heterocycles.